The molecule has 4 rings (SSSR count). The predicted octanol–water partition coefficient (Wildman–Crippen LogP) is 5.43. The van der Waals surface area contributed by atoms with Crippen LogP contribution in [0.15, 0.2) is 88.7 Å². The van der Waals surface area contributed by atoms with E-state index in [1.165, 1.54) is 4.90 Å². The second kappa shape index (κ2) is 7.41. The quantitative estimate of drug-likeness (QED) is 0.591. The van der Waals surface area contributed by atoms with Crippen molar-refractivity contribution in [3.05, 3.63) is 90.0 Å². The molecule has 0 spiro atoms. The number of nitrogens with zero attached hydrogens (tertiary/aromatic N) is 1. The molecule has 1 atom stereocenters. The number of hydrogen-bond donors (Lipinski definition) is 0. The van der Waals surface area contributed by atoms with Crippen molar-refractivity contribution in [1.82, 2.24) is 0 Å². The Morgan fingerprint density at radius 1 is 0.889 bits per heavy atom. The molecular formula is C22H21NO2S2. The highest BCUT2D eigenvalue weighted by molar-refractivity contribution is 7.99. The summed E-state index contributed by atoms with van der Waals surface area (Å²) in [6, 6.07) is 25.2. The van der Waals surface area contributed by atoms with E-state index in [-0.39, 0.29) is 5.25 Å². The van der Waals surface area contributed by atoms with Crippen molar-refractivity contribution < 1.29 is 8.42 Å². The maximum atomic E-state index is 13.2. The van der Waals surface area contributed by atoms with E-state index in [0.29, 0.717) is 11.4 Å². The van der Waals surface area contributed by atoms with E-state index in [0.717, 1.165) is 23.2 Å². The zero-order chi connectivity index (χ0) is 18.9. The van der Waals surface area contributed by atoms with Crippen molar-refractivity contribution in [2.45, 2.75) is 28.4 Å². The second-order valence-corrected chi connectivity index (χ2v) is 9.80. The Morgan fingerprint density at radius 2 is 1.56 bits per heavy atom. The number of rotatable bonds is 4. The Labute approximate surface area is 165 Å². The lowest BCUT2D eigenvalue weighted by Gasteiger charge is -2.34. The Kier molecular flexibility index (Phi) is 4.98. The van der Waals surface area contributed by atoms with E-state index in [1.54, 1.807) is 28.2 Å². The van der Waals surface area contributed by atoms with E-state index < -0.39 is 10.0 Å². The van der Waals surface area contributed by atoms with Crippen molar-refractivity contribution in [2.24, 2.45) is 0 Å². The minimum Gasteiger partial charge on any atom is -0.266 e. The van der Waals surface area contributed by atoms with E-state index in [4.69, 9.17) is 0 Å². The largest absolute Gasteiger partial charge is 0.266 e. The van der Waals surface area contributed by atoms with Gasteiger partial charge in [0.05, 0.1) is 10.6 Å². The van der Waals surface area contributed by atoms with Gasteiger partial charge < -0.3 is 0 Å². The van der Waals surface area contributed by atoms with Crippen LogP contribution in [0.3, 0.4) is 0 Å². The summed E-state index contributed by atoms with van der Waals surface area (Å²) in [5, 5.41) is 0.244. The van der Waals surface area contributed by atoms with Gasteiger partial charge in [0.1, 0.15) is 0 Å². The molecule has 1 aliphatic heterocycles. The minimum absolute atomic E-state index is 0.244. The highest BCUT2D eigenvalue weighted by Crippen LogP contribution is 2.46. The molecule has 0 aromatic heterocycles. The van der Waals surface area contributed by atoms with Gasteiger partial charge in [-0.25, -0.2) is 8.42 Å². The fourth-order valence-electron chi connectivity index (χ4n) is 3.37. The molecule has 3 aromatic carbocycles. The first-order valence-electron chi connectivity index (χ1n) is 8.96. The molecule has 1 heterocycles. The van der Waals surface area contributed by atoms with Gasteiger partial charge >= 0.3 is 0 Å². The fourth-order valence-corrected chi connectivity index (χ4v) is 6.07. The first-order chi connectivity index (χ1) is 13.1. The lowest BCUT2D eigenvalue weighted by atomic mass is 10.0. The number of hydrogen-bond acceptors (Lipinski definition) is 3. The minimum atomic E-state index is -3.56. The molecule has 27 heavy (non-hydrogen) atoms. The Bertz CT molecular complexity index is 1030. The zero-order valence-corrected chi connectivity index (χ0v) is 16.7. The third-order valence-electron chi connectivity index (χ3n) is 4.78. The maximum Gasteiger partial charge on any atom is 0.264 e. The van der Waals surface area contributed by atoms with Crippen molar-refractivity contribution in [2.75, 3.05) is 10.8 Å². The molecule has 0 radical (unpaired) electrons. The summed E-state index contributed by atoms with van der Waals surface area (Å²) in [6.07, 6.45) is 0.779. The molecule has 0 aliphatic carbocycles. The van der Waals surface area contributed by atoms with E-state index >= 15 is 0 Å². The molecule has 1 aliphatic rings. The van der Waals surface area contributed by atoms with Gasteiger partial charge in [-0.2, -0.15) is 0 Å². The third-order valence-corrected chi connectivity index (χ3v) is 7.92. The lowest BCUT2D eigenvalue weighted by Crippen LogP contribution is -2.36. The van der Waals surface area contributed by atoms with Gasteiger partial charge in [0.2, 0.25) is 0 Å². The molecule has 0 N–H and O–H groups in total. The molecule has 0 bridgehead atoms. The number of para-hydroxylation sites is 1. The molecule has 5 heteroatoms. The highest BCUT2D eigenvalue weighted by Gasteiger charge is 2.33. The molecule has 3 aromatic rings. The molecule has 0 amide bonds. The standard InChI is InChI=1S/C22H21NO2S2/c1-17-11-13-19(14-12-17)27(24,25)23-16-15-22(20-9-5-6-10-21(20)23)26-18-7-3-2-4-8-18/h2-14,22H,15-16H2,1H3. The number of sulfonamides is 1. The Balaban J connectivity index is 1.69. The smallest absolute Gasteiger partial charge is 0.264 e. The Morgan fingerprint density at radius 3 is 2.30 bits per heavy atom. The van der Waals surface area contributed by atoms with Crippen molar-refractivity contribution in [3.63, 3.8) is 0 Å². The summed E-state index contributed by atoms with van der Waals surface area (Å²) in [7, 11) is -3.56. The van der Waals surface area contributed by atoms with Gasteiger partial charge in [0, 0.05) is 16.7 Å². The second-order valence-electron chi connectivity index (χ2n) is 6.66. The lowest BCUT2D eigenvalue weighted by molar-refractivity contribution is 0.586. The monoisotopic (exact) mass is 395 g/mol. The molecule has 138 valence electrons. The van der Waals surface area contributed by atoms with Crippen molar-refractivity contribution in [1.29, 1.82) is 0 Å². The number of anilines is 1. The number of benzene rings is 3. The predicted molar refractivity (Wildman–Crippen MR) is 112 cm³/mol. The highest BCUT2D eigenvalue weighted by atomic mass is 32.2. The third kappa shape index (κ3) is 3.62. The SMILES string of the molecule is Cc1ccc(S(=O)(=O)N2CCC(Sc3ccccc3)c3ccccc32)cc1. The topological polar surface area (TPSA) is 37.4 Å². The van der Waals surface area contributed by atoms with E-state index in [9.17, 15) is 8.42 Å². The van der Waals surface area contributed by atoms with Gasteiger partial charge in [-0.1, -0.05) is 54.1 Å². The number of fused-ring (bicyclic) bond motifs is 1. The van der Waals surface area contributed by atoms with Crippen LogP contribution in [0.25, 0.3) is 0 Å². The van der Waals surface area contributed by atoms with Crippen LogP contribution in [0.2, 0.25) is 0 Å². The van der Waals surface area contributed by atoms with Crippen LogP contribution in [0.5, 0.6) is 0 Å². The van der Waals surface area contributed by atoms with E-state index in [2.05, 4.69) is 12.1 Å². The van der Waals surface area contributed by atoms with Crippen LogP contribution in [0, 0.1) is 6.92 Å². The van der Waals surface area contributed by atoms with Crippen LogP contribution in [0.4, 0.5) is 5.69 Å². The van der Waals surface area contributed by atoms with Gasteiger partial charge in [-0.3, -0.25) is 4.31 Å². The van der Waals surface area contributed by atoms with Gasteiger partial charge in [-0.05, 0) is 49.2 Å². The van der Waals surface area contributed by atoms with Gasteiger partial charge in [0.15, 0.2) is 0 Å². The first-order valence-corrected chi connectivity index (χ1v) is 11.3. The summed E-state index contributed by atoms with van der Waals surface area (Å²) in [5.41, 5.74) is 2.92. The fraction of sp³-hybridized carbons (Fsp3) is 0.182. The number of aryl methyl sites for hydroxylation is 1. The normalized spacial score (nSPS) is 16.8. The average Bonchev–Trinajstić information content (AvgIpc) is 2.69. The van der Waals surface area contributed by atoms with Gasteiger partial charge in [0.25, 0.3) is 10.0 Å². The molecule has 0 saturated heterocycles. The summed E-state index contributed by atoms with van der Waals surface area (Å²) >= 11 is 1.80. The summed E-state index contributed by atoms with van der Waals surface area (Å²) < 4.78 is 28.1. The van der Waals surface area contributed by atoms with Crippen molar-refractivity contribution in [3.8, 4) is 0 Å². The van der Waals surface area contributed by atoms with E-state index in [1.807, 2.05) is 61.5 Å². The molecule has 0 fully saturated rings. The van der Waals surface area contributed by atoms with Crippen LogP contribution in [-0.2, 0) is 10.0 Å². The Hall–Kier alpha value is -2.24. The van der Waals surface area contributed by atoms with Gasteiger partial charge in [-0.15, -0.1) is 11.8 Å². The summed E-state index contributed by atoms with van der Waals surface area (Å²) in [6.45, 7) is 2.44. The summed E-state index contributed by atoms with van der Waals surface area (Å²) in [4.78, 5) is 1.55. The molecule has 0 saturated carbocycles. The van der Waals surface area contributed by atoms with Crippen molar-refractivity contribution >= 4 is 27.5 Å². The first kappa shape index (κ1) is 18.1. The molecule has 1 unspecified atom stereocenters. The average molecular weight is 396 g/mol. The summed E-state index contributed by atoms with van der Waals surface area (Å²) in [5.74, 6) is 0. The van der Waals surface area contributed by atoms with Crippen LogP contribution in [0.1, 0.15) is 22.8 Å². The maximum absolute atomic E-state index is 13.2. The van der Waals surface area contributed by atoms with Crippen LogP contribution in [-0.4, -0.2) is 15.0 Å². The van der Waals surface area contributed by atoms with Crippen LogP contribution >= 0.6 is 11.8 Å². The van der Waals surface area contributed by atoms with Crippen LogP contribution < -0.4 is 4.31 Å². The molecule has 3 nitrogen and oxygen atoms in total. The molecular weight excluding hydrogens is 374 g/mol. The number of thioether (sulfide) groups is 1. The zero-order valence-electron chi connectivity index (χ0n) is 15.1.